The van der Waals surface area contributed by atoms with Crippen LogP contribution in [0, 0.1) is 0 Å². The Hall–Kier alpha value is -0.610. The summed E-state index contributed by atoms with van der Waals surface area (Å²) < 4.78 is 0. The van der Waals surface area contributed by atoms with Gasteiger partial charge in [-0.3, -0.25) is 4.90 Å². The molecule has 11 heavy (non-hydrogen) atoms. The van der Waals surface area contributed by atoms with Gasteiger partial charge in [0.25, 0.3) is 0 Å². The average Bonchev–Trinajstić information content (AvgIpc) is 1.79. The van der Waals surface area contributed by atoms with Gasteiger partial charge >= 0.3 is 5.97 Å². The van der Waals surface area contributed by atoms with Gasteiger partial charge in [0.1, 0.15) is 0 Å². The van der Waals surface area contributed by atoms with Gasteiger partial charge in [-0.05, 0) is 26.4 Å². The number of hydrogen-bond acceptors (Lipinski definition) is 3. The Morgan fingerprint density at radius 1 is 1.64 bits per heavy atom. The number of carboxylic acids is 1. The lowest BCUT2D eigenvalue weighted by Crippen LogP contribution is -2.51. The van der Waals surface area contributed by atoms with Crippen LogP contribution in [0.1, 0.15) is 13.3 Å². The zero-order chi connectivity index (χ0) is 8.48. The summed E-state index contributed by atoms with van der Waals surface area (Å²) in [7, 11) is 0. The van der Waals surface area contributed by atoms with Crippen molar-refractivity contribution in [2.45, 2.75) is 18.9 Å². The number of aliphatic carboxylic acids is 1. The van der Waals surface area contributed by atoms with Crippen LogP contribution in [0.15, 0.2) is 0 Å². The number of aliphatic hydroxyl groups is 1. The molecule has 0 aliphatic carbocycles. The minimum absolute atomic E-state index is 0.238. The van der Waals surface area contributed by atoms with Crippen molar-refractivity contribution >= 4 is 5.97 Å². The number of β-amino-alcohol motifs (C(OH)–C–C–N with tert-alkyl or cyclic N) is 1. The van der Waals surface area contributed by atoms with E-state index in [1.54, 1.807) is 0 Å². The summed E-state index contributed by atoms with van der Waals surface area (Å²) in [5, 5.41) is 17.8. The van der Waals surface area contributed by atoms with Gasteiger partial charge in [0.15, 0.2) is 5.60 Å². The summed E-state index contributed by atoms with van der Waals surface area (Å²) in [4.78, 5) is 12.3. The quantitative estimate of drug-likeness (QED) is 0.584. The van der Waals surface area contributed by atoms with Crippen LogP contribution < -0.4 is 0 Å². The second-order valence-corrected chi connectivity index (χ2v) is 3.21. The Morgan fingerprint density at radius 3 is 2.45 bits per heavy atom. The molecule has 64 valence electrons. The molecule has 2 N–H and O–H groups in total. The van der Waals surface area contributed by atoms with E-state index in [1.807, 2.05) is 4.90 Å². The fourth-order valence-corrected chi connectivity index (χ4v) is 1.04. The van der Waals surface area contributed by atoms with Gasteiger partial charge in [0.05, 0.1) is 0 Å². The molecule has 1 saturated heterocycles. The van der Waals surface area contributed by atoms with Crippen LogP contribution in [-0.4, -0.2) is 46.3 Å². The van der Waals surface area contributed by atoms with Crippen molar-refractivity contribution in [2.75, 3.05) is 19.6 Å². The molecule has 4 heteroatoms. The molecule has 1 atom stereocenters. The first-order valence-corrected chi connectivity index (χ1v) is 3.70. The summed E-state index contributed by atoms with van der Waals surface area (Å²) >= 11 is 0. The molecule has 0 bridgehead atoms. The molecule has 1 heterocycles. The largest absolute Gasteiger partial charge is 0.479 e. The van der Waals surface area contributed by atoms with E-state index >= 15 is 0 Å². The second-order valence-electron chi connectivity index (χ2n) is 3.21. The number of carboxylic acid groups (broad SMARTS) is 1. The van der Waals surface area contributed by atoms with E-state index in [-0.39, 0.29) is 6.54 Å². The summed E-state index contributed by atoms with van der Waals surface area (Å²) in [6.45, 7) is 3.38. The van der Waals surface area contributed by atoms with Crippen LogP contribution in [-0.2, 0) is 4.79 Å². The molecule has 0 radical (unpaired) electrons. The fourth-order valence-electron chi connectivity index (χ4n) is 1.04. The van der Waals surface area contributed by atoms with Crippen LogP contribution in [0.25, 0.3) is 0 Å². The van der Waals surface area contributed by atoms with Gasteiger partial charge in [-0.1, -0.05) is 0 Å². The Bertz CT molecular complexity index is 163. The Kier molecular flexibility index (Phi) is 2.15. The first kappa shape index (κ1) is 8.49. The summed E-state index contributed by atoms with van der Waals surface area (Å²) in [5.41, 5.74) is -1.58. The SMILES string of the molecule is CC(O)(CN1CCC1)C(=O)O. The van der Waals surface area contributed by atoms with Crippen molar-refractivity contribution in [2.24, 2.45) is 0 Å². The van der Waals surface area contributed by atoms with Crippen LogP contribution in [0.4, 0.5) is 0 Å². The highest BCUT2D eigenvalue weighted by atomic mass is 16.4. The lowest BCUT2D eigenvalue weighted by atomic mass is 10.0. The average molecular weight is 159 g/mol. The summed E-state index contributed by atoms with van der Waals surface area (Å²) in [6, 6.07) is 0. The van der Waals surface area contributed by atoms with Gasteiger partial charge in [-0.15, -0.1) is 0 Å². The Labute approximate surface area is 65.4 Å². The predicted octanol–water partition coefficient (Wildman–Crippen LogP) is -0.472. The molecular weight excluding hydrogens is 146 g/mol. The van der Waals surface area contributed by atoms with Crippen LogP contribution in [0.3, 0.4) is 0 Å². The van der Waals surface area contributed by atoms with Gasteiger partial charge in [-0.2, -0.15) is 0 Å². The van der Waals surface area contributed by atoms with Crippen molar-refractivity contribution in [3.63, 3.8) is 0 Å². The third-order valence-electron chi connectivity index (χ3n) is 1.94. The van der Waals surface area contributed by atoms with Crippen LogP contribution >= 0.6 is 0 Å². The molecular formula is C7H13NO3. The minimum Gasteiger partial charge on any atom is -0.479 e. The summed E-state index contributed by atoms with van der Waals surface area (Å²) in [5.74, 6) is -1.15. The monoisotopic (exact) mass is 159 g/mol. The van der Waals surface area contributed by atoms with Crippen molar-refractivity contribution in [1.29, 1.82) is 0 Å². The third kappa shape index (κ3) is 1.91. The van der Waals surface area contributed by atoms with Crippen molar-refractivity contribution in [3.05, 3.63) is 0 Å². The smallest absolute Gasteiger partial charge is 0.336 e. The third-order valence-corrected chi connectivity index (χ3v) is 1.94. The highest BCUT2D eigenvalue weighted by Gasteiger charge is 2.33. The summed E-state index contributed by atoms with van der Waals surface area (Å²) in [6.07, 6.45) is 1.11. The molecule has 4 nitrogen and oxygen atoms in total. The molecule has 1 aliphatic heterocycles. The van der Waals surface area contributed by atoms with Gasteiger partial charge < -0.3 is 10.2 Å². The van der Waals surface area contributed by atoms with E-state index < -0.39 is 11.6 Å². The van der Waals surface area contributed by atoms with Gasteiger partial charge in [-0.25, -0.2) is 4.79 Å². The molecule has 1 fully saturated rings. The van der Waals surface area contributed by atoms with Crippen molar-refractivity contribution in [3.8, 4) is 0 Å². The first-order valence-electron chi connectivity index (χ1n) is 3.70. The predicted molar refractivity (Wildman–Crippen MR) is 39.3 cm³/mol. The van der Waals surface area contributed by atoms with Crippen LogP contribution in [0.5, 0.6) is 0 Å². The standard InChI is InChI=1S/C7H13NO3/c1-7(11,6(9)10)5-8-3-2-4-8/h11H,2-5H2,1H3,(H,9,10). The van der Waals surface area contributed by atoms with Crippen molar-refractivity contribution in [1.82, 2.24) is 4.90 Å². The van der Waals surface area contributed by atoms with Crippen molar-refractivity contribution < 1.29 is 15.0 Å². The normalized spacial score (nSPS) is 23.8. The fraction of sp³-hybridized carbons (Fsp3) is 0.857. The number of carbonyl (C=O) groups is 1. The number of likely N-dealkylation sites (tertiary alicyclic amines) is 1. The van der Waals surface area contributed by atoms with Gasteiger partial charge in [0.2, 0.25) is 0 Å². The zero-order valence-electron chi connectivity index (χ0n) is 6.58. The maximum Gasteiger partial charge on any atom is 0.336 e. The molecule has 1 aliphatic rings. The van der Waals surface area contributed by atoms with E-state index in [2.05, 4.69) is 0 Å². The molecule has 1 rings (SSSR count). The van der Waals surface area contributed by atoms with Crippen LogP contribution in [0.2, 0.25) is 0 Å². The van der Waals surface area contributed by atoms with E-state index in [0.717, 1.165) is 19.5 Å². The second kappa shape index (κ2) is 2.79. The minimum atomic E-state index is -1.58. The maximum absolute atomic E-state index is 10.4. The molecule has 0 saturated carbocycles. The number of hydrogen-bond donors (Lipinski definition) is 2. The lowest BCUT2D eigenvalue weighted by Gasteiger charge is -2.34. The molecule has 0 aromatic heterocycles. The first-order chi connectivity index (χ1) is 5.02. The molecule has 0 aromatic rings. The Morgan fingerprint density at radius 2 is 2.18 bits per heavy atom. The highest BCUT2D eigenvalue weighted by molar-refractivity contribution is 5.76. The van der Waals surface area contributed by atoms with E-state index in [4.69, 9.17) is 5.11 Å². The molecule has 0 spiro atoms. The van der Waals surface area contributed by atoms with E-state index in [1.165, 1.54) is 6.92 Å². The number of rotatable bonds is 3. The van der Waals surface area contributed by atoms with E-state index in [9.17, 15) is 9.90 Å². The van der Waals surface area contributed by atoms with E-state index in [0.29, 0.717) is 0 Å². The lowest BCUT2D eigenvalue weighted by molar-refractivity contribution is -0.159. The maximum atomic E-state index is 10.4. The zero-order valence-corrected chi connectivity index (χ0v) is 6.58. The Balaban J connectivity index is 2.38. The molecule has 0 aromatic carbocycles. The highest BCUT2D eigenvalue weighted by Crippen LogP contribution is 2.12. The number of nitrogens with zero attached hydrogens (tertiary/aromatic N) is 1. The van der Waals surface area contributed by atoms with Gasteiger partial charge in [0, 0.05) is 6.54 Å². The molecule has 0 amide bonds. The molecule has 1 unspecified atom stereocenters. The topological polar surface area (TPSA) is 60.8 Å².